The summed E-state index contributed by atoms with van der Waals surface area (Å²) in [6, 6.07) is 6.73. The normalized spacial score (nSPS) is 11.5. The van der Waals surface area contributed by atoms with Gasteiger partial charge in [0.05, 0.1) is 17.6 Å². The van der Waals surface area contributed by atoms with Crippen molar-refractivity contribution in [3.05, 3.63) is 24.0 Å². The Morgan fingerprint density at radius 3 is 2.76 bits per heavy atom. The van der Waals surface area contributed by atoms with Crippen molar-refractivity contribution in [2.45, 2.75) is 53.1 Å². The molecule has 0 bridgehead atoms. The first-order valence-electron chi connectivity index (χ1n) is 8.01. The Labute approximate surface area is 127 Å². The molecule has 4 heteroatoms. The van der Waals surface area contributed by atoms with Crippen LogP contribution in [0.25, 0.3) is 11.0 Å². The standard InChI is InChI=1S/C17H27N3O/c1-5-11-21-14-7-8-16-15(12-14)19-17(20(16)6-2)9-10-18-13(3)4/h7-8,12-13,18H,5-6,9-11H2,1-4H3. The Morgan fingerprint density at radius 2 is 2.10 bits per heavy atom. The number of nitrogens with zero attached hydrogens (tertiary/aromatic N) is 2. The molecule has 0 amide bonds. The summed E-state index contributed by atoms with van der Waals surface area (Å²) in [6.07, 6.45) is 1.97. The molecule has 0 spiro atoms. The van der Waals surface area contributed by atoms with Crippen molar-refractivity contribution in [2.75, 3.05) is 13.2 Å². The summed E-state index contributed by atoms with van der Waals surface area (Å²) in [5, 5.41) is 3.45. The van der Waals surface area contributed by atoms with E-state index >= 15 is 0 Å². The van der Waals surface area contributed by atoms with Crippen LogP contribution in [0.2, 0.25) is 0 Å². The second-order valence-corrected chi connectivity index (χ2v) is 5.63. The second kappa shape index (κ2) is 7.46. The van der Waals surface area contributed by atoms with Gasteiger partial charge in [0.1, 0.15) is 11.6 Å². The van der Waals surface area contributed by atoms with Crippen LogP contribution in [0.3, 0.4) is 0 Å². The third kappa shape index (κ3) is 3.97. The number of imidazole rings is 1. The highest BCUT2D eigenvalue weighted by Gasteiger charge is 2.10. The molecule has 0 aliphatic rings. The fourth-order valence-electron chi connectivity index (χ4n) is 2.49. The summed E-state index contributed by atoms with van der Waals surface area (Å²) in [5.74, 6) is 2.06. The monoisotopic (exact) mass is 289 g/mol. The van der Waals surface area contributed by atoms with Gasteiger partial charge in [-0.05, 0) is 25.5 Å². The van der Waals surface area contributed by atoms with Crippen molar-refractivity contribution < 1.29 is 4.74 Å². The predicted octanol–water partition coefficient (Wildman–Crippen LogP) is 3.39. The Morgan fingerprint density at radius 1 is 1.29 bits per heavy atom. The molecule has 0 aliphatic heterocycles. The van der Waals surface area contributed by atoms with E-state index in [1.54, 1.807) is 0 Å². The first-order chi connectivity index (χ1) is 10.2. The zero-order valence-corrected chi connectivity index (χ0v) is 13.6. The maximum Gasteiger partial charge on any atom is 0.121 e. The van der Waals surface area contributed by atoms with E-state index in [2.05, 4.69) is 49.7 Å². The molecular formula is C17H27N3O. The predicted molar refractivity (Wildman–Crippen MR) is 88.0 cm³/mol. The van der Waals surface area contributed by atoms with Gasteiger partial charge in [0, 0.05) is 31.6 Å². The number of nitrogens with one attached hydrogen (secondary N) is 1. The summed E-state index contributed by atoms with van der Waals surface area (Å²) in [7, 11) is 0. The Balaban J connectivity index is 2.20. The van der Waals surface area contributed by atoms with E-state index in [9.17, 15) is 0 Å². The molecule has 1 aromatic heterocycles. The van der Waals surface area contributed by atoms with Gasteiger partial charge in [-0.3, -0.25) is 0 Å². The van der Waals surface area contributed by atoms with Crippen molar-refractivity contribution >= 4 is 11.0 Å². The molecule has 0 aliphatic carbocycles. The number of hydrogen-bond donors (Lipinski definition) is 1. The molecule has 116 valence electrons. The van der Waals surface area contributed by atoms with Gasteiger partial charge in [-0.15, -0.1) is 0 Å². The molecule has 1 N–H and O–H groups in total. The molecule has 4 nitrogen and oxygen atoms in total. The second-order valence-electron chi connectivity index (χ2n) is 5.63. The topological polar surface area (TPSA) is 39.1 Å². The molecule has 1 heterocycles. The van der Waals surface area contributed by atoms with Crippen LogP contribution in [0.1, 0.15) is 39.9 Å². The van der Waals surface area contributed by atoms with Gasteiger partial charge in [-0.1, -0.05) is 20.8 Å². The lowest BCUT2D eigenvalue weighted by atomic mass is 10.3. The average molecular weight is 289 g/mol. The molecule has 21 heavy (non-hydrogen) atoms. The zero-order valence-electron chi connectivity index (χ0n) is 13.6. The van der Waals surface area contributed by atoms with Crippen molar-refractivity contribution in [1.29, 1.82) is 0 Å². The average Bonchev–Trinajstić information content (AvgIpc) is 2.81. The summed E-state index contributed by atoms with van der Waals surface area (Å²) >= 11 is 0. The molecule has 2 rings (SSSR count). The highest BCUT2D eigenvalue weighted by molar-refractivity contribution is 5.77. The number of fused-ring (bicyclic) bond motifs is 1. The third-order valence-electron chi connectivity index (χ3n) is 3.49. The Hall–Kier alpha value is -1.55. The lowest BCUT2D eigenvalue weighted by Gasteiger charge is -2.09. The fraction of sp³-hybridized carbons (Fsp3) is 0.588. The third-order valence-corrected chi connectivity index (χ3v) is 3.49. The highest BCUT2D eigenvalue weighted by Crippen LogP contribution is 2.22. The Kier molecular flexibility index (Phi) is 5.62. The van der Waals surface area contributed by atoms with E-state index < -0.39 is 0 Å². The van der Waals surface area contributed by atoms with Gasteiger partial charge in [0.25, 0.3) is 0 Å². The van der Waals surface area contributed by atoms with Crippen molar-refractivity contribution in [3.8, 4) is 5.75 Å². The molecule has 0 radical (unpaired) electrons. The first kappa shape index (κ1) is 15.8. The van der Waals surface area contributed by atoms with Crippen LogP contribution in [-0.2, 0) is 13.0 Å². The summed E-state index contributed by atoms with van der Waals surface area (Å²) < 4.78 is 7.99. The minimum Gasteiger partial charge on any atom is -0.494 e. The smallest absolute Gasteiger partial charge is 0.121 e. The van der Waals surface area contributed by atoms with Crippen LogP contribution in [0.15, 0.2) is 18.2 Å². The maximum atomic E-state index is 5.70. The molecule has 0 atom stereocenters. The van der Waals surface area contributed by atoms with Gasteiger partial charge < -0.3 is 14.6 Å². The van der Waals surface area contributed by atoms with Gasteiger partial charge in [0.2, 0.25) is 0 Å². The Bertz CT molecular complexity index is 575. The quantitative estimate of drug-likeness (QED) is 0.809. The van der Waals surface area contributed by atoms with Crippen LogP contribution >= 0.6 is 0 Å². The lowest BCUT2D eigenvalue weighted by molar-refractivity contribution is 0.318. The van der Waals surface area contributed by atoms with Crippen LogP contribution in [0, 0.1) is 0 Å². The van der Waals surface area contributed by atoms with Crippen LogP contribution in [0.4, 0.5) is 0 Å². The molecule has 1 aromatic carbocycles. The number of aryl methyl sites for hydroxylation is 1. The van der Waals surface area contributed by atoms with Gasteiger partial charge >= 0.3 is 0 Å². The van der Waals surface area contributed by atoms with Gasteiger partial charge in [-0.2, -0.15) is 0 Å². The number of hydrogen-bond acceptors (Lipinski definition) is 3. The zero-order chi connectivity index (χ0) is 15.2. The van der Waals surface area contributed by atoms with E-state index in [0.29, 0.717) is 6.04 Å². The summed E-state index contributed by atoms with van der Waals surface area (Å²) in [5.41, 5.74) is 2.23. The van der Waals surface area contributed by atoms with Gasteiger partial charge in [0.15, 0.2) is 0 Å². The number of ether oxygens (including phenoxy) is 1. The summed E-state index contributed by atoms with van der Waals surface area (Å²) in [6.45, 7) is 11.3. The lowest BCUT2D eigenvalue weighted by Crippen LogP contribution is -2.25. The largest absolute Gasteiger partial charge is 0.494 e. The molecule has 0 fully saturated rings. The molecule has 0 unspecified atom stereocenters. The van der Waals surface area contributed by atoms with E-state index in [1.165, 1.54) is 5.52 Å². The number of benzene rings is 1. The molecule has 0 saturated heterocycles. The van der Waals surface area contributed by atoms with E-state index in [4.69, 9.17) is 9.72 Å². The van der Waals surface area contributed by atoms with Crippen LogP contribution in [-0.4, -0.2) is 28.7 Å². The summed E-state index contributed by atoms with van der Waals surface area (Å²) in [4.78, 5) is 4.79. The molecule has 0 saturated carbocycles. The molecule has 2 aromatic rings. The van der Waals surface area contributed by atoms with Crippen molar-refractivity contribution in [3.63, 3.8) is 0 Å². The van der Waals surface area contributed by atoms with E-state index in [0.717, 1.165) is 49.6 Å². The van der Waals surface area contributed by atoms with Crippen LogP contribution in [0.5, 0.6) is 5.75 Å². The number of rotatable bonds is 8. The fourth-order valence-corrected chi connectivity index (χ4v) is 2.49. The van der Waals surface area contributed by atoms with Crippen LogP contribution < -0.4 is 10.1 Å². The molecular weight excluding hydrogens is 262 g/mol. The highest BCUT2D eigenvalue weighted by atomic mass is 16.5. The maximum absolute atomic E-state index is 5.70. The van der Waals surface area contributed by atoms with Crippen molar-refractivity contribution in [1.82, 2.24) is 14.9 Å². The van der Waals surface area contributed by atoms with E-state index in [1.807, 2.05) is 6.07 Å². The van der Waals surface area contributed by atoms with E-state index in [-0.39, 0.29) is 0 Å². The van der Waals surface area contributed by atoms with Crippen molar-refractivity contribution in [2.24, 2.45) is 0 Å². The van der Waals surface area contributed by atoms with Gasteiger partial charge in [-0.25, -0.2) is 4.98 Å². The minimum absolute atomic E-state index is 0.513. The SMILES string of the molecule is CCCOc1ccc2c(c1)nc(CCNC(C)C)n2CC. The number of aromatic nitrogens is 2. The minimum atomic E-state index is 0.513. The first-order valence-corrected chi connectivity index (χ1v) is 8.01.